The number of nitrogens with zero attached hydrogens (tertiary/aromatic N) is 2. The average Bonchev–Trinajstić information content (AvgIpc) is 3.25. The maximum Gasteiger partial charge on any atom is 0.257 e. The van der Waals surface area contributed by atoms with Crippen LogP contribution in [0.4, 0.5) is 11.4 Å². The number of carbonyl (C=O) groups excluding carboxylic acids is 2. The van der Waals surface area contributed by atoms with E-state index in [9.17, 15) is 9.59 Å². The lowest BCUT2D eigenvalue weighted by Gasteiger charge is -2.20. The van der Waals surface area contributed by atoms with Crippen molar-refractivity contribution in [2.45, 2.75) is 25.9 Å². The molecule has 32 heavy (non-hydrogen) atoms. The van der Waals surface area contributed by atoms with Crippen molar-refractivity contribution in [2.75, 3.05) is 23.9 Å². The molecule has 0 saturated carbocycles. The predicted molar refractivity (Wildman–Crippen MR) is 122 cm³/mol. The van der Waals surface area contributed by atoms with Gasteiger partial charge in [-0.05, 0) is 43.2 Å². The minimum atomic E-state index is -0.302. The molecule has 7 heteroatoms. The monoisotopic (exact) mass is 431 g/mol. The molecule has 1 aliphatic rings. The molecule has 1 unspecified atom stereocenters. The fourth-order valence-corrected chi connectivity index (χ4v) is 3.64. The summed E-state index contributed by atoms with van der Waals surface area (Å²) >= 11 is 0. The third kappa shape index (κ3) is 4.72. The van der Waals surface area contributed by atoms with Crippen LogP contribution < -0.4 is 19.7 Å². The highest BCUT2D eigenvalue weighted by atomic mass is 16.5. The fourth-order valence-electron chi connectivity index (χ4n) is 3.64. The van der Waals surface area contributed by atoms with Gasteiger partial charge in [-0.3, -0.25) is 9.59 Å². The summed E-state index contributed by atoms with van der Waals surface area (Å²) in [4.78, 5) is 30.8. The van der Waals surface area contributed by atoms with Crippen molar-refractivity contribution < 1.29 is 19.1 Å². The third-order valence-corrected chi connectivity index (χ3v) is 5.37. The molecule has 1 fully saturated rings. The third-order valence-electron chi connectivity index (χ3n) is 5.37. The standard InChI is InChI=1S/C25H25N3O4/c1-17(18-7-4-3-5-8-18)32-23-13-10-19(16-26-23)25(30)27-20-11-12-22(31-2)21(15-20)28-14-6-9-24(28)29/h3-5,7-8,10-13,15-17H,6,9,14H2,1-2H3,(H,27,30). The Kier molecular flexibility index (Phi) is 6.35. The Morgan fingerprint density at radius 1 is 1.12 bits per heavy atom. The molecule has 3 aromatic rings. The molecular weight excluding hydrogens is 406 g/mol. The second-order valence-corrected chi connectivity index (χ2v) is 7.55. The van der Waals surface area contributed by atoms with Gasteiger partial charge in [0.2, 0.25) is 11.8 Å². The highest BCUT2D eigenvalue weighted by molar-refractivity contribution is 6.05. The average molecular weight is 431 g/mol. The van der Waals surface area contributed by atoms with Crippen molar-refractivity contribution in [2.24, 2.45) is 0 Å². The molecule has 2 heterocycles. The maximum absolute atomic E-state index is 12.7. The van der Waals surface area contributed by atoms with Crippen LogP contribution in [0.15, 0.2) is 66.9 Å². The number of benzene rings is 2. The number of anilines is 2. The van der Waals surface area contributed by atoms with E-state index in [1.165, 1.54) is 6.20 Å². The molecule has 2 aromatic carbocycles. The highest BCUT2D eigenvalue weighted by Crippen LogP contribution is 2.34. The van der Waals surface area contributed by atoms with E-state index in [0.717, 1.165) is 12.0 Å². The summed E-state index contributed by atoms with van der Waals surface area (Å²) in [7, 11) is 1.56. The van der Waals surface area contributed by atoms with Crippen LogP contribution in [0, 0.1) is 0 Å². The summed E-state index contributed by atoms with van der Waals surface area (Å²) in [5, 5.41) is 2.86. The molecule has 1 aliphatic heterocycles. The van der Waals surface area contributed by atoms with E-state index in [0.29, 0.717) is 41.5 Å². The van der Waals surface area contributed by atoms with Gasteiger partial charge in [0, 0.05) is 30.9 Å². The lowest BCUT2D eigenvalue weighted by Crippen LogP contribution is -2.24. The zero-order valence-corrected chi connectivity index (χ0v) is 18.1. The number of carbonyl (C=O) groups is 2. The Morgan fingerprint density at radius 3 is 2.59 bits per heavy atom. The molecule has 4 rings (SSSR count). The number of pyridine rings is 1. The molecule has 1 atom stereocenters. The number of rotatable bonds is 7. The first-order valence-electron chi connectivity index (χ1n) is 10.5. The molecule has 2 amide bonds. The van der Waals surface area contributed by atoms with E-state index < -0.39 is 0 Å². The van der Waals surface area contributed by atoms with E-state index in [-0.39, 0.29) is 17.9 Å². The fraction of sp³-hybridized carbons (Fsp3) is 0.240. The number of hydrogen-bond donors (Lipinski definition) is 1. The zero-order valence-electron chi connectivity index (χ0n) is 18.1. The number of hydrogen-bond acceptors (Lipinski definition) is 5. The van der Waals surface area contributed by atoms with Gasteiger partial charge in [-0.2, -0.15) is 0 Å². The van der Waals surface area contributed by atoms with Gasteiger partial charge in [-0.25, -0.2) is 4.98 Å². The Labute approximate surface area is 187 Å². The van der Waals surface area contributed by atoms with E-state index in [1.807, 2.05) is 37.3 Å². The van der Waals surface area contributed by atoms with Crippen LogP contribution in [0.5, 0.6) is 11.6 Å². The number of methoxy groups -OCH3 is 1. The van der Waals surface area contributed by atoms with Crippen molar-refractivity contribution in [1.29, 1.82) is 0 Å². The quantitative estimate of drug-likeness (QED) is 0.591. The first-order valence-corrected chi connectivity index (χ1v) is 10.5. The molecule has 7 nitrogen and oxygen atoms in total. The molecular formula is C25H25N3O4. The maximum atomic E-state index is 12.7. The van der Waals surface area contributed by atoms with E-state index in [2.05, 4.69) is 10.3 Å². The van der Waals surface area contributed by atoms with Crippen LogP contribution in [0.3, 0.4) is 0 Å². The van der Waals surface area contributed by atoms with Crippen LogP contribution >= 0.6 is 0 Å². The number of aromatic nitrogens is 1. The molecule has 164 valence electrons. The van der Waals surface area contributed by atoms with Crippen LogP contribution in [0.2, 0.25) is 0 Å². The normalized spacial score (nSPS) is 14.2. The van der Waals surface area contributed by atoms with Crippen molar-refractivity contribution >= 4 is 23.2 Å². The Bertz CT molecular complexity index is 1100. The van der Waals surface area contributed by atoms with Crippen molar-refractivity contribution in [3.8, 4) is 11.6 Å². The van der Waals surface area contributed by atoms with E-state index in [4.69, 9.17) is 9.47 Å². The predicted octanol–water partition coefficient (Wildman–Crippen LogP) is 4.61. The van der Waals surface area contributed by atoms with Gasteiger partial charge >= 0.3 is 0 Å². The first kappa shape index (κ1) is 21.4. The zero-order chi connectivity index (χ0) is 22.5. The Hall–Kier alpha value is -3.87. The SMILES string of the molecule is COc1ccc(NC(=O)c2ccc(OC(C)c3ccccc3)nc2)cc1N1CCCC1=O. The van der Waals surface area contributed by atoms with Crippen LogP contribution in [0.25, 0.3) is 0 Å². The van der Waals surface area contributed by atoms with Gasteiger partial charge in [0.1, 0.15) is 11.9 Å². The smallest absolute Gasteiger partial charge is 0.257 e. The molecule has 1 aromatic heterocycles. The van der Waals surface area contributed by atoms with E-state index in [1.54, 1.807) is 42.3 Å². The summed E-state index contributed by atoms with van der Waals surface area (Å²) < 4.78 is 11.3. The minimum Gasteiger partial charge on any atom is -0.495 e. The lowest BCUT2D eigenvalue weighted by atomic mass is 10.1. The molecule has 0 aliphatic carbocycles. The van der Waals surface area contributed by atoms with Crippen molar-refractivity contribution in [3.63, 3.8) is 0 Å². The summed E-state index contributed by atoms with van der Waals surface area (Å²) in [6.45, 7) is 2.59. The molecule has 0 spiro atoms. The number of ether oxygens (including phenoxy) is 2. The minimum absolute atomic E-state index is 0.0521. The molecule has 0 bridgehead atoms. The van der Waals surface area contributed by atoms with E-state index >= 15 is 0 Å². The summed E-state index contributed by atoms with van der Waals surface area (Å²) in [5.74, 6) is 0.784. The van der Waals surface area contributed by atoms with Crippen molar-refractivity contribution in [3.05, 3.63) is 78.0 Å². The number of amides is 2. The van der Waals surface area contributed by atoms with Gasteiger partial charge in [0.05, 0.1) is 18.4 Å². The van der Waals surface area contributed by atoms with Crippen LogP contribution in [0.1, 0.15) is 41.8 Å². The second-order valence-electron chi connectivity index (χ2n) is 7.55. The van der Waals surface area contributed by atoms with Crippen LogP contribution in [-0.4, -0.2) is 30.5 Å². The van der Waals surface area contributed by atoms with Gasteiger partial charge in [-0.15, -0.1) is 0 Å². The summed E-state index contributed by atoms with van der Waals surface area (Å²) in [6.07, 6.45) is 2.65. The van der Waals surface area contributed by atoms with Gasteiger partial charge in [0.25, 0.3) is 5.91 Å². The second kappa shape index (κ2) is 9.51. The Morgan fingerprint density at radius 2 is 1.94 bits per heavy atom. The summed E-state index contributed by atoms with van der Waals surface area (Å²) in [6, 6.07) is 18.4. The highest BCUT2D eigenvalue weighted by Gasteiger charge is 2.25. The van der Waals surface area contributed by atoms with Crippen LogP contribution in [-0.2, 0) is 4.79 Å². The topological polar surface area (TPSA) is 80.8 Å². The van der Waals surface area contributed by atoms with Gasteiger partial charge < -0.3 is 19.7 Å². The molecule has 0 radical (unpaired) electrons. The number of nitrogens with one attached hydrogen (secondary N) is 1. The largest absolute Gasteiger partial charge is 0.495 e. The first-order chi connectivity index (χ1) is 15.5. The van der Waals surface area contributed by atoms with Crippen molar-refractivity contribution in [1.82, 2.24) is 4.98 Å². The van der Waals surface area contributed by atoms with Gasteiger partial charge in [0.15, 0.2) is 0 Å². The molecule has 1 N–H and O–H groups in total. The Balaban J connectivity index is 1.44. The summed E-state index contributed by atoms with van der Waals surface area (Å²) in [5.41, 5.74) is 2.68. The van der Waals surface area contributed by atoms with Gasteiger partial charge in [-0.1, -0.05) is 30.3 Å². The molecule has 1 saturated heterocycles. The lowest BCUT2D eigenvalue weighted by molar-refractivity contribution is -0.117.